The normalized spacial score (nSPS) is 25.2. The van der Waals surface area contributed by atoms with Crippen molar-refractivity contribution >= 4 is 11.9 Å². The van der Waals surface area contributed by atoms with Crippen LogP contribution in [-0.4, -0.2) is 47.7 Å². The van der Waals surface area contributed by atoms with Gasteiger partial charge in [-0.1, -0.05) is 25.1 Å². The first kappa shape index (κ1) is 24.9. The first-order chi connectivity index (χ1) is 17.2. The Hall–Kier alpha value is -2.78. The molecule has 2 unspecified atom stereocenters. The van der Waals surface area contributed by atoms with Crippen LogP contribution in [0.15, 0.2) is 22.7 Å². The minimum atomic E-state index is -2.84. The maximum Gasteiger partial charge on any atom is 0.324 e. The molecular weight excluding hydrogens is 473 g/mol. The van der Waals surface area contributed by atoms with Crippen LogP contribution in [0.25, 0.3) is 0 Å². The highest BCUT2D eigenvalue weighted by molar-refractivity contribution is 5.79. The second-order valence-corrected chi connectivity index (χ2v) is 10.7. The molecule has 36 heavy (non-hydrogen) atoms. The Kier molecular flexibility index (Phi) is 6.87. The third-order valence-corrected chi connectivity index (χ3v) is 7.63. The number of nitrogens with one attached hydrogen (secondary N) is 1. The topological polar surface area (TPSA) is 80.5 Å². The van der Waals surface area contributed by atoms with Gasteiger partial charge in [0.2, 0.25) is 5.91 Å². The van der Waals surface area contributed by atoms with E-state index in [4.69, 9.17) is 9.26 Å². The van der Waals surface area contributed by atoms with E-state index in [0.29, 0.717) is 36.1 Å². The Morgan fingerprint density at radius 2 is 2.06 bits per heavy atom. The number of carbonyl (C=O) groups is 1. The van der Waals surface area contributed by atoms with Gasteiger partial charge in [-0.3, -0.25) is 4.79 Å². The molecule has 0 bridgehead atoms. The zero-order chi connectivity index (χ0) is 25.4. The number of benzene rings is 1. The molecule has 1 aromatic carbocycles. The lowest BCUT2D eigenvalue weighted by molar-refractivity contribution is -0.121. The van der Waals surface area contributed by atoms with Gasteiger partial charge >= 0.3 is 6.01 Å². The number of anilines is 1. The predicted molar refractivity (Wildman–Crippen MR) is 127 cm³/mol. The highest BCUT2D eigenvalue weighted by Crippen LogP contribution is 2.50. The first-order valence-electron chi connectivity index (χ1n) is 12.9. The van der Waals surface area contributed by atoms with E-state index >= 15 is 0 Å². The second kappa shape index (κ2) is 9.94. The van der Waals surface area contributed by atoms with E-state index in [0.717, 1.165) is 38.2 Å². The molecule has 0 radical (unpaired) electrons. The molecule has 2 aliphatic carbocycles. The maximum atomic E-state index is 14.4. The molecule has 3 fully saturated rings. The molecule has 1 aromatic heterocycles. The molecule has 1 N–H and O–H groups in total. The lowest BCUT2D eigenvalue weighted by atomic mass is 9.90. The van der Waals surface area contributed by atoms with Crippen molar-refractivity contribution in [2.75, 3.05) is 24.6 Å². The number of hydrogen-bond donors (Lipinski definition) is 1. The summed E-state index contributed by atoms with van der Waals surface area (Å²) in [6.45, 7) is 6.46. The lowest BCUT2D eigenvalue weighted by Crippen LogP contribution is -2.34. The molecule has 2 aromatic rings. The fourth-order valence-corrected chi connectivity index (χ4v) is 5.17. The third-order valence-electron chi connectivity index (χ3n) is 7.63. The first-order valence-corrected chi connectivity index (χ1v) is 12.9. The molecule has 5 rings (SSSR count). The van der Waals surface area contributed by atoms with Crippen LogP contribution in [0.4, 0.5) is 19.2 Å². The summed E-state index contributed by atoms with van der Waals surface area (Å²) in [6, 6.07) is 3.87. The van der Waals surface area contributed by atoms with Gasteiger partial charge in [-0.2, -0.15) is 4.98 Å². The van der Waals surface area contributed by atoms with Crippen LogP contribution in [0.5, 0.6) is 5.75 Å². The minimum Gasteiger partial charge on any atom is -0.493 e. The zero-order valence-electron chi connectivity index (χ0n) is 20.7. The molecule has 1 aliphatic heterocycles. The van der Waals surface area contributed by atoms with Gasteiger partial charge in [0.15, 0.2) is 5.82 Å². The monoisotopic (exact) mass is 506 g/mol. The Morgan fingerprint density at radius 1 is 1.31 bits per heavy atom. The van der Waals surface area contributed by atoms with Gasteiger partial charge in [0, 0.05) is 31.5 Å². The van der Waals surface area contributed by atoms with Crippen molar-refractivity contribution in [3.63, 3.8) is 0 Å². The molecule has 3 atom stereocenters. The van der Waals surface area contributed by atoms with Gasteiger partial charge in [-0.25, -0.2) is 13.2 Å². The average Bonchev–Trinajstić information content (AvgIpc) is 3.65. The molecule has 1 amide bonds. The van der Waals surface area contributed by atoms with Crippen molar-refractivity contribution in [2.24, 2.45) is 17.8 Å². The van der Waals surface area contributed by atoms with Gasteiger partial charge in [-0.05, 0) is 55.1 Å². The Morgan fingerprint density at radius 3 is 2.69 bits per heavy atom. The summed E-state index contributed by atoms with van der Waals surface area (Å²) in [7, 11) is 0. The van der Waals surface area contributed by atoms with Gasteiger partial charge in [0.1, 0.15) is 11.6 Å². The van der Waals surface area contributed by atoms with Gasteiger partial charge < -0.3 is 19.5 Å². The van der Waals surface area contributed by atoms with Crippen LogP contribution in [0.3, 0.4) is 0 Å². The number of hydrogen-bond acceptors (Lipinski definition) is 6. The summed E-state index contributed by atoms with van der Waals surface area (Å²) in [4.78, 5) is 18.5. The minimum absolute atomic E-state index is 0.165. The largest absolute Gasteiger partial charge is 0.493 e. The summed E-state index contributed by atoms with van der Waals surface area (Å²) in [6.07, 6.45) is 3.73. The molecule has 0 spiro atoms. The quantitative estimate of drug-likeness (QED) is 0.502. The number of nitrogens with zero attached hydrogens (tertiary/aromatic N) is 3. The lowest BCUT2D eigenvalue weighted by Gasteiger charge is -2.30. The standard InChI is InChI=1S/C26H33F3N4O3/c1-15(2)24-31-25(36-32-24)33-8-5-16(6-9-33)20-11-17(20)7-10-35-19-4-3-18(21(27)13-19)12-23(34)30-22-14-26(22,28)29/h3-4,13,15-17,20,22H,5-12,14H2,1-2H3,(H,30,34)/t17-,20?,22?/m1/s1. The number of piperidine rings is 1. The number of aromatic nitrogens is 2. The Bertz CT molecular complexity index is 1080. The van der Waals surface area contributed by atoms with Crippen molar-refractivity contribution < 1.29 is 27.2 Å². The van der Waals surface area contributed by atoms with E-state index in [1.807, 2.05) is 13.8 Å². The van der Waals surface area contributed by atoms with Crippen LogP contribution in [0.1, 0.15) is 63.3 Å². The van der Waals surface area contributed by atoms with Crippen LogP contribution in [0.2, 0.25) is 0 Å². The van der Waals surface area contributed by atoms with Crippen LogP contribution in [-0.2, 0) is 11.2 Å². The molecule has 10 heteroatoms. The van der Waals surface area contributed by atoms with E-state index in [9.17, 15) is 18.0 Å². The fraction of sp³-hybridized carbons (Fsp3) is 0.654. The number of carbonyl (C=O) groups excluding carboxylic acids is 1. The summed E-state index contributed by atoms with van der Waals surface area (Å²) < 4.78 is 51.4. The predicted octanol–water partition coefficient (Wildman–Crippen LogP) is 4.72. The van der Waals surface area contributed by atoms with Crippen molar-refractivity contribution in [2.45, 2.75) is 70.3 Å². The number of halogens is 3. The van der Waals surface area contributed by atoms with E-state index in [2.05, 4.69) is 20.4 Å². The molecule has 196 valence electrons. The van der Waals surface area contributed by atoms with Gasteiger partial charge in [0.05, 0.1) is 19.1 Å². The summed E-state index contributed by atoms with van der Waals surface area (Å²) in [5.41, 5.74) is 0.165. The number of rotatable bonds is 10. The van der Waals surface area contributed by atoms with E-state index in [-0.39, 0.29) is 24.3 Å². The summed E-state index contributed by atoms with van der Waals surface area (Å²) >= 11 is 0. The van der Waals surface area contributed by atoms with Gasteiger partial charge in [-0.15, -0.1) is 0 Å². The number of amides is 1. The van der Waals surface area contributed by atoms with Crippen molar-refractivity contribution in [1.29, 1.82) is 0 Å². The van der Waals surface area contributed by atoms with Crippen LogP contribution < -0.4 is 15.0 Å². The Labute approximate surface area is 208 Å². The number of alkyl halides is 2. The molecule has 2 heterocycles. The maximum absolute atomic E-state index is 14.4. The highest BCUT2D eigenvalue weighted by Gasteiger charge is 2.57. The average molecular weight is 507 g/mol. The number of ether oxygens (including phenoxy) is 1. The molecule has 1 saturated heterocycles. The van der Waals surface area contributed by atoms with Crippen molar-refractivity contribution in [1.82, 2.24) is 15.5 Å². The molecule has 3 aliphatic rings. The van der Waals surface area contributed by atoms with Gasteiger partial charge in [0.25, 0.3) is 5.92 Å². The molecule has 2 saturated carbocycles. The van der Waals surface area contributed by atoms with E-state index in [1.165, 1.54) is 18.6 Å². The third kappa shape index (κ3) is 5.78. The van der Waals surface area contributed by atoms with Crippen molar-refractivity contribution in [3.05, 3.63) is 35.4 Å². The van der Waals surface area contributed by atoms with Crippen LogP contribution >= 0.6 is 0 Å². The smallest absolute Gasteiger partial charge is 0.324 e. The van der Waals surface area contributed by atoms with E-state index in [1.54, 1.807) is 6.07 Å². The zero-order valence-corrected chi connectivity index (χ0v) is 20.7. The summed E-state index contributed by atoms with van der Waals surface area (Å²) in [5, 5.41) is 6.29. The van der Waals surface area contributed by atoms with Crippen molar-refractivity contribution in [3.8, 4) is 5.75 Å². The SMILES string of the molecule is CC(C)c1noc(N2CCC(C3C[C@H]3CCOc3ccc(CC(=O)NC4CC4(F)F)c(F)c3)CC2)n1. The molecule has 7 nitrogen and oxygen atoms in total. The Balaban J connectivity index is 1.01. The second-order valence-electron chi connectivity index (χ2n) is 10.7. The summed E-state index contributed by atoms with van der Waals surface area (Å²) in [5.74, 6) is -0.566. The van der Waals surface area contributed by atoms with E-state index < -0.39 is 23.7 Å². The fourth-order valence-electron chi connectivity index (χ4n) is 5.17. The highest BCUT2D eigenvalue weighted by atomic mass is 19.3. The molecular formula is C26H33F3N4O3. The van der Waals surface area contributed by atoms with Crippen LogP contribution in [0, 0.1) is 23.6 Å².